The predicted octanol–water partition coefficient (Wildman–Crippen LogP) is 3.56. The maximum absolute atomic E-state index is 13.1. The second-order valence-electron chi connectivity index (χ2n) is 7.22. The lowest BCUT2D eigenvalue weighted by Gasteiger charge is -2.34. The number of benzene rings is 2. The average molecular weight is 457 g/mol. The first-order valence-corrected chi connectivity index (χ1v) is 12.8. The van der Waals surface area contributed by atoms with Crippen LogP contribution in [0.5, 0.6) is 0 Å². The van der Waals surface area contributed by atoms with E-state index in [-0.39, 0.29) is 22.4 Å². The van der Waals surface area contributed by atoms with Crippen LogP contribution in [-0.2, 0) is 20.0 Å². The van der Waals surface area contributed by atoms with Gasteiger partial charge in [0.15, 0.2) is 0 Å². The highest BCUT2D eigenvalue weighted by molar-refractivity contribution is 7.89. The van der Waals surface area contributed by atoms with Crippen molar-refractivity contribution in [2.24, 2.45) is 0 Å². The number of hydrogen-bond acceptors (Lipinski definition) is 4. The molecule has 1 aliphatic rings. The molecule has 2 aromatic carbocycles. The molecule has 0 saturated carbocycles. The Bertz CT molecular complexity index is 1050. The number of nitrogens with zero attached hydrogens (tertiary/aromatic N) is 1. The van der Waals surface area contributed by atoms with Gasteiger partial charge in [-0.1, -0.05) is 41.8 Å². The Morgan fingerprint density at radius 1 is 1.03 bits per heavy atom. The molecule has 2 aromatic rings. The molecule has 0 aliphatic carbocycles. The van der Waals surface area contributed by atoms with Gasteiger partial charge in [0.25, 0.3) is 0 Å². The van der Waals surface area contributed by atoms with Crippen LogP contribution >= 0.6 is 11.6 Å². The lowest BCUT2D eigenvalue weighted by Crippen LogP contribution is -2.45. The van der Waals surface area contributed by atoms with Crippen molar-refractivity contribution < 1.29 is 16.8 Å². The fourth-order valence-corrected chi connectivity index (χ4v) is 6.57. The largest absolute Gasteiger partial charge is 0.243 e. The Labute approximate surface area is 178 Å². The molecule has 29 heavy (non-hydrogen) atoms. The van der Waals surface area contributed by atoms with Gasteiger partial charge >= 0.3 is 0 Å². The number of hydrogen-bond donors (Lipinski definition) is 1. The highest BCUT2D eigenvalue weighted by Gasteiger charge is 2.33. The number of sulfonamides is 2. The summed E-state index contributed by atoms with van der Waals surface area (Å²) in [5.74, 6) is 0. The van der Waals surface area contributed by atoms with Crippen molar-refractivity contribution in [2.75, 3.05) is 13.1 Å². The molecule has 0 amide bonds. The summed E-state index contributed by atoms with van der Waals surface area (Å²) in [6.07, 6.45) is 2.84. The molecular weight excluding hydrogens is 432 g/mol. The van der Waals surface area contributed by atoms with Crippen LogP contribution in [0, 0.1) is 6.92 Å². The molecule has 1 unspecified atom stereocenters. The van der Waals surface area contributed by atoms with Crippen LogP contribution in [-0.4, -0.2) is 40.3 Å². The van der Waals surface area contributed by atoms with E-state index >= 15 is 0 Å². The van der Waals surface area contributed by atoms with Crippen LogP contribution < -0.4 is 4.72 Å². The topological polar surface area (TPSA) is 83.6 Å². The van der Waals surface area contributed by atoms with Crippen LogP contribution in [0.4, 0.5) is 0 Å². The van der Waals surface area contributed by atoms with E-state index in [2.05, 4.69) is 4.72 Å². The van der Waals surface area contributed by atoms with Crippen LogP contribution in [0.25, 0.3) is 0 Å². The second kappa shape index (κ2) is 9.14. The SMILES string of the molecule is Cc1ccc(S(=O)(=O)N2CCCCC2CCNS(=O)(=O)c2cccc(Cl)c2)cc1. The minimum atomic E-state index is -3.70. The molecule has 1 fully saturated rings. The molecule has 0 bridgehead atoms. The summed E-state index contributed by atoms with van der Waals surface area (Å²) in [4.78, 5) is 0.368. The minimum Gasteiger partial charge on any atom is -0.211 e. The normalized spacial score (nSPS) is 18.6. The van der Waals surface area contributed by atoms with Crippen LogP contribution in [0.1, 0.15) is 31.2 Å². The Kier molecular flexibility index (Phi) is 7.01. The molecule has 1 atom stereocenters. The Balaban J connectivity index is 1.70. The van der Waals surface area contributed by atoms with Crippen molar-refractivity contribution in [3.05, 3.63) is 59.1 Å². The molecular formula is C20H25ClN2O4S2. The molecule has 1 saturated heterocycles. The fraction of sp³-hybridized carbons (Fsp3) is 0.400. The summed E-state index contributed by atoms with van der Waals surface area (Å²) in [6.45, 7) is 2.51. The third-order valence-corrected chi connectivity index (χ3v) is 8.74. The summed E-state index contributed by atoms with van der Waals surface area (Å²) >= 11 is 5.88. The van der Waals surface area contributed by atoms with Gasteiger partial charge in [-0.25, -0.2) is 21.6 Å². The standard InChI is InChI=1S/C20H25ClN2O4S2/c1-16-8-10-19(11-9-16)29(26,27)23-14-3-2-6-18(23)12-13-22-28(24,25)20-7-4-5-17(21)15-20/h4-5,7-11,15,18,22H,2-3,6,12-14H2,1H3. The highest BCUT2D eigenvalue weighted by Crippen LogP contribution is 2.27. The van der Waals surface area contributed by atoms with Crippen molar-refractivity contribution in [1.82, 2.24) is 9.03 Å². The number of nitrogens with one attached hydrogen (secondary N) is 1. The smallest absolute Gasteiger partial charge is 0.211 e. The first kappa shape index (κ1) is 22.2. The Morgan fingerprint density at radius 3 is 2.45 bits per heavy atom. The Hall–Kier alpha value is -1.45. The first-order valence-electron chi connectivity index (χ1n) is 9.54. The average Bonchev–Trinajstić information content (AvgIpc) is 2.68. The van der Waals surface area contributed by atoms with Crippen LogP contribution in [0.2, 0.25) is 5.02 Å². The first-order chi connectivity index (χ1) is 13.7. The van der Waals surface area contributed by atoms with Gasteiger partial charge in [0.1, 0.15) is 0 Å². The molecule has 9 heteroatoms. The molecule has 1 aliphatic heterocycles. The molecule has 158 valence electrons. The number of rotatable bonds is 7. The summed E-state index contributed by atoms with van der Waals surface area (Å²) in [5.41, 5.74) is 0.995. The number of halogens is 1. The summed E-state index contributed by atoms with van der Waals surface area (Å²) in [7, 11) is -7.31. The maximum atomic E-state index is 13.1. The van der Waals surface area contributed by atoms with E-state index in [1.807, 2.05) is 6.92 Å². The van der Waals surface area contributed by atoms with E-state index in [0.29, 0.717) is 24.4 Å². The molecule has 0 spiro atoms. The van der Waals surface area contributed by atoms with Crippen molar-refractivity contribution in [2.45, 2.75) is 48.4 Å². The molecule has 1 heterocycles. The second-order valence-corrected chi connectivity index (χ2v) is 11.3. The fourth-order valence-electron chi connectivity index (χ4n) is 3.50. The summed E-state index contributed by atoms with van der Waals surface area (Å²) < 4.78 is 55.2. The van der Waals surface area contributed by atoms with Gasteiger partial charge in [0.2, 0.25) is 20.0 Å². The van der Waals surface area contributed by atoms with E-state index in [4.69, 9.17) is 11.6 Å². The van der Waals surface area contributed by atoms with Crippen molar-refractivity contribution >= 4 is 31.6 Å². The van der Waals surface area contributed by atoms with Gasteiger partial charge in [-0.2, -0.15) is 4.31 Å². The van der Waals surface area contributed by atoms with Crippen molar-refractivity contribution in [1.29, 1.82) is 0 Å². The minimum absolute atomic E-state index is 0.0952. The van der Waals surface area contributed by atoms with E-state index in [9.17, 15) is 16.8 Å². The van der Waals surface area contributed by atoms with Gasteiger partial charge in [0, 0.05) is 24.2 Å². The predicted molar refractivity (Wildman–Crippen MR) is 114 cm³/mol. The molecule has 1 N–H and O–H groups in total. The van der Waals surface area contributed by atoms with Gasteiger partial charge < -0.3 is 0 Å². The van der Waals surface area contributed by atoms with E-state index in [1.165, 1.54) is 16.4 Å². The monoisotopic (exact) mass is 456 g/mol. The third-order valence-electron chi connectivity index (χ3n) is 5.08. The molecule has 0 radical (unpaired) electrons. The van der Waals surface area contributed by atoms with E-state index in [0.717, 1.165) is 18.4 Å². The van der Waals surface area contributed by atoms with E-state index < -0.39 is 20.0 Å². The van der Waals surface area contributed by atoms with Gasteiger partial charge in [-0.05, 0) is 56.5 Å². The highest BCUT2D eigenvalue weighted by atomic mass is 35.5. The zero-order valence-corrected chi connectivity index (χ0v) is 18.6. The Morgan fingerprint density at radius 2 is 1.76 bits per heavy atom. The van der Waals surface area contributed by atoms with Crippen LogP contribution in [0.15, 0.2) is 58.3 Å². The van der Waals surface area contributed by atoms with Crippen LogP contribution in [0.3, 0.4) is 0 Å². The van der Waals surface area contributed by atoms with Gasteiger partial charge in [-0.15, -0.1) is 0 Å². The van der Waals surface area contributed by atoms with Gasteiger partial charge in [0.05, 0.1) is 9.79 Å². The number of aryl methyl sites for hydroxylation is 1. The molecule has 3 rings (SSSR count). The number of piperidine rings is 1. The lowest BCUT2D eigenvalue weighted by atomic mass is 10.0. The van der Waals surface area contributed by atoms with E-state index in [1.54, 1.807) is 36.4 Å². The quantitative estimate of drug-likeness (QED) is 0.690. The maximum Gasteiger partial charge on any atom is 0.243 e. The zero-order chi connectivity index (χ0) is 21.1. The van der Waals surface area contributed by atoms with Gasteiger partial charge in [-0.3, -0.25) is 0 Å². The molecule has 0 aromatic heterocycles. The zero-order valence-electron chi connectivity index (χ0n) is 16.2. The molecule has 6 nitrogen and oxygen atoms in total. The lowest BCUT2D eigenvalue weighted by molar-refractivity contribution is 0.242. The van der Waals surface area contributed by atoms with Crippen molar-refractivity contribution in [3.63, 3.8) is 0 Å². The van der Waals surface area contributed by atoms with Crippen molar-refractivity contribution in [3.8, 4) is 0 Å². The summed E-state index contributed by atoms with van der Waals surface area (Å²) in [5, 5.41) is 0.343. The summed E-state index contributed by atoms with van der Waals surface area (Å²) in [6, 6.07) is 12.6. The third kappa shape index (κ3) is 5.38.